The van der Waals surface area contributed by atoms with Crippen molar-refractivity contribution in [3.8, 4) is 0 Å². The third-order valence-electron chi connectivity index (χ3n) is 4.39. The molecular formula is C18H28Cl2F3N3O. The maximum Gasteiger partial charge on any atom is 0.416 e. The van der Waals surface area contributed by atoms with E-state index in [1.54, 1.807) is 11.0 Å². The van der Waals surface area contributed by atoms with Gasteiger partial charge in [0.25, 0.3) is 0 Å². The quantitative estimate of drug-likeness (QED) is 0.777. The Kier molecular flexibility index (Phi) is 10.7. The number of amides is 1. The first-order valence-electron chi connectivity index (χ1n) is 8.59. The summed E-state index contributed by atoms with van der Waals surface area (Å²) >= 11 is 0. The van der Waals surface area contributed by atoms with Crippen LogP contribution < -0.4 is 5.73 Å². The van der Waals surface area contributed by atoms with Gasteiger partial charge in [-0.15, -0.1) is 24.8 Å². The smallest absolute Gasteiger partial charge is 0.339 e. The van der Waals surface area contributed by atoms with E-state index in [9.17, 15) is 18.0 Å². The van der Waals surface area contributed by atoms with Crippen molar-refractivity contribution in [2.45, 2.75) is 39.0 Å². The first kappa shape index (κ1) is 26.0. The van der Waals surface area contributed by atoms with Gasteiger partial charge in [0.2, 0.25) is 5.91 Å². The Morgan fingerprint density at radius 2 is 1.74 bits per heavy atom. The van der Waals surface area contributed by atoms with E-state index in [-0.39, 0.29) is 30.7 Å². The molecule has 1 aromatic rings. The highest BCUT2D eigenvalue weighted by Crippen LogP contribution is 2.29. The largest absolute Gasteiger partial charge is 0.416 e. The van der Waals surface area contributed by atoms with E-state index >= 15 is 0 Å². The predicted molar refractivity (Wildman–Crippen MR) is 105 cm³/mol. The van der Waals surface area contributed by atoms with Crippen molar-refractivity contribution < 1.29 is 18.0 Å². The third kappa shape index (κ3) is 7.86. The van der Waals surface area contributed by atoms with Gasteiger partial charge in [0.15, 0.2) is 0 Å². The number of rotatable bonds is 5. The summed E-state index contributed by atoms with van der Waals surface area (Å²) in [5.41, 5.74) is 5.96. The lowest BCUT2D eigenvalue weighted by molar-refractivity contribution is -0.138. The minimum absolute atomic E-state index is 0. The molecule has 2 N–H and O–H groups in total. The van der Waals surface area contributed by atoms with Crippen LogP contribution in [0.3, 0.4) is 0 Å². The maximum absolute atomic E-state index is 12.8. The molecule has 0 unspecified atom stereocenters. The van der Waals surface area contributed by atoms with E-state index in [1.165, 1.54) is 12.1 Å². The van der Waals surface area contributed by atoms with Gasteiger partial charge < -0.3 is 10.6 Å². The molecule has 0 aliphatic carbocycles. The topological polar surface area (TPSA) is 49.6 Å². The van der Waals surface area contributed by atoms with Crippen LogP contribution in [-0.4, -0.2) is 47.9 Å². The Morgan fingerprint density at radius 3 is 2.26 bits per heavy atom. The van der Waals surface area contributed by atoms with Gasteiger partial charge in [-0.2, -0.15) is 13.2 Å². The van der Waals surface area contributed by atoms with Crippen molar-refractivity contribution in [1.29, 1.82) is 0 Å². The number of carbonyl (C=O) groups excluding carboxylic acids is 1. The molecule has 1 saturated heterocycles. The summed E-state index contributed by atoms with van der Waals surface area (Å²) in [6.45, 7) is 6.89. The van der Waals surface area contributed by atoms with Gasteiger partial charge in [0.1, 0.15) is 0 Å². The molecule has 0 spiro atoms. The second-order valence-electron chi connectivity index (χ2n) is 7.04. The Morgan fingerprint density at radius 1 is 1.15 bits per heavy atom. The molecule has 27 heavy (non-hydrogen) atoms. The number of benzene rings is 1. The van der Waals surface area contributed by atoms with Gasteiger partial charge in [-0.1, -0.05) is 32.0 Å². The van der Waals surface area contributed by atoms with E-state index in [4.69, 9.17) is 5.73 Å². The first-order valence-corrected chi connectivity index (χ1v) is 8.59. The lowest BCUT2D eigenvalue weighted by Crippen LogP contribution is -2.53. The van der Waals surface area contributed by atoms with Crippen molar-refractivity contribution >= 4 is 30.7 Å². The van der Waals surface area contributed by atoms with E-state index in [0.29, 0.717) is 50.6 Å². The first-order chi connectivity index (χ1) is 11.7. The van der Waals surface area contributed by atoms with Crippen LogP contribution in [0.15, 0.2) is 24.3 Å². The molecular weight excluding hydrogens is 402 g/mol. The van der Waals surface area contributed by atoms with Crippen LogP contribution >= 0.6 is 24.8 Å². The lowest BCUT2D eigenvalue weighted by atomic mass is 10.0. The summed E-state index contributed by atoms with van der Waals surface area (Å²) < 4.78 is 38.3. The molecule has 9 heteroatoms. The average molecular weight is 430 g/mol. The fourth-order valence-corrected chi connectivity index (χ4v) is 3.07. The summed E-state index contributed by atoms with van der Waals surface area (Å²) in [7, 11) is 0. The summed E-state index contributed by atoms with van der Waals surface area (Å²) in [4.78, 5) is 16.1. The van der Waals surface area contributed by atoms with Gasteiger partial charge >= 0.3 is 6.18 Å². The van der Waals surface area contributed by atoms with E-state index in [1.807, 2.05) is 13.8 Å². The van der Waals surface area contributed by atoms with Gasteiger partial charge in [0, 0.05) is 32.7 Å². The molecule has 1 aliphatic heterocycles. The van der Waals surface area contributed by atoms with E-state index in [2.05, 4.69) is 4.90 Å². The van der Waals surface area contributed by atoms with Crippen molar-refractivity contribution in [3.63, 3.8) is 0 Å². The molecule has 1 amide bonds. The second-order valence-corrected chi connectivity index (χ2v) is 7.04. The fourth-order valence-electron chi connectivity index (χ4n) is 3.07. The summed E-state index contributed by atoms with van der Waals surface area (Å²) in [6, 6.07) is 4.93. The van der Waals surface area contributed by atoms with Gasteiger partial charge in [-0.25, -0.2) is 0 Å². The standard InChI is InChI=1S/C18H26F3N3O.2ClH/c1-13(2)10-16(22)17(25)24-8-6-23(7-9-24)12-14-4-3-5-15(11-14)18(19,20)21;;/h3-5,11,13,16H,6-10,12,22H2,1-2H3;2*1H/t16-;;/m0../s1. The molecule has 0 aromatic heterocycles. The van der Waals surface area contributed by atoms with Crippen molar-refractivity contribution in [2.75, 3.05) is 26.2 Å². The zero-order valence-electron chi connectivity index (χ0n) is 15.5. The average Bonchev–Trinajstić information content (AvgIpc) is 2.54. The molecule has 156 valence electrons. The summed E-state index contributed by atoms with van der Waals surface area (Å²) in [5.74, 6) is 0.327. The minimum Gasteiger partial charge on any atom is -0.339 e. The van der Waals surface area contributed by atoms with E-state index < -0.39 is 17.8 Å². The Hall–Kier alpha value is -1.02. The number of carbonyl (C=O) groups is 1. The molecule has 1 atom stereocenters. The molecule has 4 nitrogen and oxygen atoms in total. The molecule has 0 radical (unpaired) electrons. The summed E-state index contributed by atoms with van der Waals surface area (Å²) in [5, 5.41) is 0. The predicted octanol–water partition coefficient (Wildman–Crippen LogP) is 3.57. The van der Waals surface area contributed by atoms with Crippen LogP contribution in [0.4, 0.5) is 13.2 Å². The zero-order valence-corrected chi connectivity index (χ0v) is 17.2. The van der Waals surface area contributed by atoms with Crippen LogP contribution in [0, 0.1) is 5.92 Å². The fraction of sp³-hybridized carbons (Fsp3) is 0.611. The highest BCUT2D eigenvalue weighted by Gasteiger charge is 2.31. The van der Waals surface area contributed by atoms with Gasteiger partial charge in [0.05, 0.1) is 11.6 Å². The normalized spacial score (nSPS) is 16.5. The van der Waals surface area contributed by atoms with Crippen LogP contribution in [0.2, 0.25) is 0 Å². The molecule has 2 rings (SSSR count). The molecule has 1 heterocycles. The van der Waals surface area contributed by atoms with E-state index in [0.717, 1.165) is 6.07 Å². The van der Waals surface area contributed by atoms with Crippen LogP contribution in [-0.2, 0) is 17.5 Å². The van der Waals surface area contributed by atoms with Crippen LogP contribution in [0.25, 0.3) is 0 Å². The van der Waals surface area contributed by atoms with Crippen molar-refractivity contribution in [3.05, 3.63) is 35.4 Å². The Labute approximate surface area is 171 Å². The van der Waals surface area contributed by atoms with Gasteiger partial charge in [-0.3, -0.25) is 9.69 Å². The zero-order chi connectivity index (χ0) is 18.6. The molecule has 0 saturated carbocycles. The number of hydrogen-bond acceptors (Lipinski definition) is 3. The number of alkyl halides is 3. The highest BCUT2D eigenvalue weighted by atomic mass is 35.5. The third-order valence-corrected chi connectivity index (χ3v) is 4.39. The number of halogens is 5. The minimum atomic E-state index is -4.33. The maximum atomic E-state index is 12.8. The molecule has 0 bridgehead atoms. The number of hydrogen-bond donors (Lipinski definition) is 1. The van der Waals surface area contributed by atoms with Crippen molar-refractivity contribution in [2.24, 2.45) is 11.7 Å². The lowest BCUT2D eigenvalue weighted by Gasteiger charge is -2.36. The SMILES string of the molecule is CC(C)C[C@H](N)C(=O)N1CCN(Cc2cccc(C(F)(F)F)c2)CC1.Cl.Cl. The highest BCUT2D eigenvalue weighted by molar-refractivity contribution is 5.85. The number of nitrogens with two attached hydrogens (primary N) is 1. The Balaban J connectivity index is 0.00000338. The second kappa shape index (κ2) is 11.1. The van der Waals surface area contributed by atoms with Crippen molar-refractivity contribution in [1.82, 2.24) is 9.80 Å². The van der Waals surface area contributed by atoms with Gasteiger partial charge in [-0.05, 0) is 24.0 Å². The van der Waals surface area contributed by atoms with Crippen LogP contribution in [0.5, 0.6) is 0 Å². The van der Waals surface area contributed by atoms with Crippen LogP contribution in [0.1, 0.15) is 31.4 Å². The molecule has 1 fully saturated rings. The molecule has 1 aromatic carbocycles. The molecule has 1 aliphatic rings. The monoisotopic (exact) mass is 429 g/mol. The Bertz CT molecular complexity index is 591. The number of piperazine rings is 1. The summed E-state index contributed by atoms with van der Waals surface area (Å²) in [6.07, 6.45) is -3.67. The number of nitrogens with zero attached hydrogens (tertiary/aromatic N) is 2.